The number of carbonyl (C=O) groups excluding carboxylic acids is 1. The fourth-order valence-electron chi connectivity index (χ4n) is 3.27. The first kappa shape index (κ1) is 21.0. The van der Waals surface area contributed by atoms with Crippen molar-refractivity contribution in [3.05, 3.63) is 66.3 Å². The van der Waals surface area contributed by atoms with Crippen molar-refractivity contribution in [1.29, 1.82) is 0 Å². The molecule has 1 amide bonds. The van der Waals surface area contributed by atoms with Crippen molar-refractivity contribution >= 4 is 28.8 Å². The molecule has 10 heteroatoms. The zero-order valence-corrected chi connectivity index (χ0v) is 16.7. The largest absolute Gasteiger partial charge is 0.416 e. The Morgan fingerprint density at radius 1 is 1.09 bits per heavy atom. The topological polar surface area (TPSA) is 110 Å². The molecule has 0 saturated carbocycles. The predicted octanol–water partition coefficient (Wildman–Crippen LogP) is 4.25. The Morgan fingerprint density at radius 2 is 1.91 bits per heavy atom. The van der Waals surface area contributed by atoms with Crippen LogP contribution in [0.1, 0.15) is 11.1 Å². The van der Waals surface area contributed by atoms with Crippen molar-refractivity contribution in [3.8, 4) is 22.4 Å². The van der Waals surface area contributed by atoms with Crippen molar-refractivity contribution in [2.24, 2.45) is 5.73 Å². The highest BCUT2D eigenvalue weighted by Gasteiger charge is 2.31. The summed E-state index contributed by atoms with van der Waals surface area (Å²) in [4.78, 5) is 26.8. The van der Waals surface area contributed by atoms with Gasteiger partial charge in [0.25, 0.3) is 0 Å². The molecule has 0 radical (unpaired) electrons. The molecule has 4 N–H and O–H groups in total. The van der Waals surface area contributed by atoms with Crippen LogP contribution in [0, 0.1) is 0 Å². The number of nitrogens with one attached hydrogen (secondary N) is 2. The summed E-state index contributed by atoms with van der Waals surface area (Å²) in [6, 6.07) is 7.03. The van der Waals surface area contributed by atoms with Crippen LogP contribution in [-0.2, 0) is 11.0 Å². The lowest BCUT2D eigenvalue weighted by Gasteiger charge is -2.11. The first-order chi connectivity index (χ1) is 15.2. The van der Waals surface area contributed by atoms with E-state index in [1.165, 1.54) is 24.7 Å². The summed E-state index contributed by atoms with van der Waals surface area (Å²) in [5.74, 6) is -0.132. The van der Waals surface area contributed by atoms with Crippen LogP contribution in [0.4, 0.5) is 19.0 Å². The van der Waals surface area contributed by atoms with Gasteiger partial charge in [0.05, 0.1) is 11.3 Å². The fourth-order valence-corrected chi connectivity index (χ4v) is 3.27. The van der Waals surface area contributed by atoms with E-state index < -0.39 is 17.6 Å². The molecule has 0 bridgehead atoms. The molecule has 0 unspecified atom stereocenters. The Hall–Kier alpha value is -4.21. The third kappa shape index (κ3) is 4.29. The molecule has 0 saturated heterocycles. The number of alkyl halides is 3. The van der Waals surface area contributed by atoms with Gasteiger partial charge in [-0.05, 0) is 41.5 Å². The minimum atomic E-state index is -4.56. The standard InChI is InChI=1S/C22H17F3N6O/c1-27-20-8-18(30-11-31-20)17-10-29-21-16(17)7-14(9-28-21)13-4-12(2-3-19(26)32)5-15(6-13)22(23,24)25/h2-11H,1H3,(H2,26,32)(H,28,29)(H,27,30,31)/b3-2+. The number of H-pyrrole nitrogens is 1. The number of pyridine rings is 1. The molecule has 7 nitrogen and oxygen atoms in total. The molecule has 32 heavy (non-hydrogen) atoms. The number of fused-ring (bicyclic) bond motifs is 1. The van der Waals surface area contributed by atoms with Gasteiger partial charge < -0.3 is 16.0 Å². The monoisotopic (exact) mass is 438 g/mol. The number of amides is 1. The molecular formula is C22H17F3N6O. The van der Waals surface area contributed by atoms with Gasteiger partial charge >= 0.3 is 6.18 Å². The summed E-state index contributed by atoms with van der Waals surface area (Å²) < 4.78 is 40.4. The minimum absolute atomic E-state index is 0.192. The molecule has 0 aliphatic carbocycles. The van der Waals surface area contributed by atoms with Crippen LogP contribution in [0.15, 0.2) is 55.1 Å². The van der Waals surface area contributed by atoms with E-state index in [1.807, 2.05) is 0 Å². The molecule has 0 aliphatic heterocycles. The first-order valence-corrected chi connectivity index (χ1v) is 9.42. The van der Waals surface area contributed by atoms with Crippen LogP contribution in [0.25, 0.3) is 39.5 Å². The number of anilines is 1. The Kier molecular flexibility index (Phi) is 5.35. The van der Waals surface area contributed by atoms with Crippen molar-refractivity contribution in [2.75, 3.05) is 12.4 Å². The molecule has 0 atom stereocenters. The fraction of sp³-hybridized carbons (Fsp3) is 0.0909. The number of nitrogens with two attached hydrogens (primary N) is 1. The second-order valence-electron chi connectivity index (χ2n) is 6.94. The number of primary amides is 1. The summed E-state index contributed by atoms with van der Waals surface area (Å²) in [6.45, 7) is 0. The number of aromatic amines is 1. The van der Waals surface area contributed by atoms with Crippen LogP contribution < -0.4 is 11.1 Å². The van der Waals surface area contributed by atoms with Gasteiger partial charge in [-0.3, -0.25) is 4.79 Å². The average molecular weight is 438 g/mol. The lowest BCUT2D eigenvalue weighted by atomic mass is 9.99. The van der Waals surface area contributed by atoms with Gasteiger partial charge in [0.2, 0.25) is 5.91 Å². The third-order valence-corrected chi connectivity index (χ3v) is 4.79. The number of halogens is 3. The Morgan fingerprint density at radius 3 is 2.62 bits per heavy atom. The maximum absolute atomic E-state index is 13.5. The molecular weight excluding hydrogens is 421 g/mol. The Labute approximate surface area is 180 Å². The summed E-state index contributed by atoms with van der Waals surface area (Å²) in [7, 11) is 1.74. The minimum Gasteiger partial charge on any atom is -0.373 e. The number of rotatable bonds is 5. The van der Waals surface area contributed by atoms with E-state index in [-0.39, 0.29) is 5.56 Å². The quantitative estimate of drug-likeness (QED) is 0.404. The van der Waals surface area contributed by atoms with Crippen molar-refractivity contribution in [1.82, 2.24) is 19.9 Å². The maximum Gasteiger partial charge on any atom is 0.416 e. The van der Waals surface area contributed by atoms with E-state index in [4.69, 9.17) is 5.73 Å². The maximum atomic E-state index is 13.5. The highest BCUT2D eigenvalue weighted by molar-refractivity contribution is 5.95. The van der Waals surface area contributed by atoms with E-state index in [0.29, 0.717) is 33.7 Å². The summed E-state index contributed by atoms with van der Waals surface area (Å²) in [5.41, 5.74) is 7.12. The highest BCUT2D eigenvalue weighted by Crippen LogP contribution is 2.35. The molecule has 4 rings (SSSR count). The van der Waals surface area contributed by atoms with Crippen molar-refractivity contribution < 1.29 is 18.0 Å². The summed E-state index contributed by atoms with van der Waals surface area (Å²) in [6.07, 6.45) is 2.33. The molecule has 0 fully saturated rings. The molecule has 4 aromatic rings. The smallest absolute Gasteiger partial charge is 0.373 e. The van der Waals surface area contributed by atoms with Crippen LogP contribution in [0.2, 0.25) is 0 Å². The predicted molar refractivity (Wildman–Crippen MR) is 115 cm³/mol. The third-order valence-electron chi connectivity index (χ3n) is 4.79. The normalized spacial score (nSPS) is 11.9. The van der Waals surface area contributed by atoms with Gasteiger partial charge in [0.1, 0.15) is 17.8 Å². The number of carbonyl (C=O) groups is 1. The Balaban J connectivity index is 1.86. The van der Waals surface area contributed by atoms with Crippen LogP contribution in [-0.4, -0.2) is 32.9 Å². The number of aromatic nitrogens is 4. The summed E-state index contributed by atoms with van der Waals surface area (Å²) in [5, 5.41) is 3.63. The number of hydrogen-bond donors (Lipinski definition) is 3. The van der Waals surface area contributed by atoms with Gasteiger partial charge in [0, 0.05) is 48.1 Å². The van der Waals surface area contributed by atoms with Crippen molar-refractivity contribution in [2.45, 2.75) is 6.18 Å². The molecule has 3 heterocycles. The second kappa shape index (κ2) is 8.14. The van der Waals surface area contributed by atoms with E-state index >= 15 is 0 Å². The molecule has 1 aromatic carbocycles. The zero-order valence-electron chi connectivity index (χ0n) is 16.7. The zero-order chi connectivity index (χ0) is 22.9. The van der Waals surface area contributed by atoms with Gasteiger partial charge in [-0.2, -0.15) is 13.2 Å². The SMILES string of the molecule is CNc1cc(-c2c[nH]c3ncc(-c4cc(/C=C/C(N)=O)cc(C(F)(F)F)c4)cc23)ncn1. The van der Waals surface area contributed by atoms with Crippen LogP contribution >= 0.6 is 0 Å². The second-order valence-corrected chi connectivity index (χ2v) is 6.94. The van der Waals surface area contributed by atoms with E-state index in [2.05, 4.69) is 25.3 Å². The van der Waals surface area contributed by atoms with Gasteiger partial charge in [-0.25, -0.2) is 15.0 Å². The van der Waals surface area contributed by atoms with E-state index in [9.17, 15) is 18.0 Å². The number of hydrogen-bond acceptors (Lipinski definition) is 5. The lowest BCUT2D eigenvalue weighted by Crippen LogP contribution is -2.06. The molecule has 3 aromatic heterocycles. The number of nitrogens with zero attached hydrogens (tertiary/aromatic N) is 3. The molecule has 0 aliphatic rings. The lowest BCUT2D eigenvalue weighted by molar-refractivity contribution is -0.137. The Bertz CT molecular complexity index is 1340. The van der Waals surface area contributed by atoms with E-state index in [0.717, 1.165) is 23.8 Å². The van der Waals surface area contributed by atoms with E-state index in [1.54, 1.807) is 25.4 Å². The van der Waals surface area contributed by atoms with Gasteiger partial charge in [0.15, 0.2) is 0 Å². The van der Waals surface area contributed by atoms with Gasteiger partial charge in [-0.15, -0.1) is 0 Å². The average Bonchev–Trinajstić information content (AvgIpc) is 3.20. The number of benzene rings is 1. The molecule has 0 spiro atoms. The first-order valence-electron chi connectivity index (χ1n) is 9.42. The van der Waals surface area contributed by atoms with Gasteiger partial charge in [-0.1, -0.05) is 0 Å². The highest BCUT2D eigenvalue weighted by atomic mass is 19.4. The van der Waals surface area contributed by atoms with Crippen LogP contribution in [0.3, 0.4) is 0 Å². The summed E-state index contributed by atoms with van der Waals surface area (Å²) >= 11 is 0. The van der Waals surface area contributed by atoms with Crippen molar-refractivity contribution in [3.63, 3.8) is 0 Å². The molecule has 162 valence electrons. The van der Waals surface area contributed by atoms with Crippen LogP contribution in [0.5, 0.6) is 0 Å².